The molecule has 1 aromatic carbocycles. The van der Waals surface area contributed by atoms with Crippen LogP contribution in [-0.4, -0.2) is 33.3 Å². The summed E-state index contributed by atoms with van der Waals surface area (Å²) in [5.41, 5.74) is 0.881. The molecule has 2 N–H and O–H groups in total. The summed E-state index contributed by atoms with van der Waals surface area (Å²) in [5, 5.41) is 6.24. The Labute approximate surface area is 188 Å². The molecular formula is C22H24N4O3S2. The molecule has 2 aromatic heterocycles. The largest absolute Gasteiger partial charge is 0.335 e. The second-order valence-corrected chi connectivity index (χ2v) is 9.57. The molecule has 31 heavy (non-hydrogen) atoms. The van der Waals surface area contributed by atoms with Gasteiger partial charge in [-0.3, -0.25) is 19.5 Å². The van der Waals surface area contributed by atoms with Gasteiger partial charge in [0, 0.05) is 18.0 Å². The summed E-state index contributed by atoms with van der Waals surface area (Å²) in [6.07, 6.45) is 5.31. The summed E-state index contributed by atoms with van der Waals surface area (Å²) in [6, 6.07) is 11.4. The van der Waals surface area contributed by atoms with Crippen molar-refractivity contribution >= 4 is 45.3 Å². The molecule has 162 valence electrons. The SMILES string of the molecule is Cn1c(SCC(=O)NC(=O)NC2CCCCC2)nc2sc(-c3ccccc3)cc2c1=O. The highest BCUT2D eigenvalue weighted by Crippen LogP contribution is 2.31. The Morgan fingerprint density at radius 1 is 1.19 bits per heavy atom. The first-order valence-electron chi connectivity index (χ1n) is 10.3. The van der Waals surface area contributed by atoms with Crippen molar-refractivity contribution in [1.82, 2.24) is 20.2 Å². The number of imide groups is 1. The molecule has 9 heteroatoms. The topological polar surface area (TPSA) is 93.1 Å². The van der Waals surface area contributed by atoms with E-state index >= 15 is 0 Å². The van der Waals surface area contributed by atoms with Gasteiger partial charge in [-0.25, -0.2) is 9.78 Å². The first-order valence-corrected chi connectivity index (χ1v) is 12.1. The fourth-order valence-corrected chi connectivity index (χ4v) is 5.53. The van der Waals surface area contributed by atoms with E-state index in [1.807, 2.05) is 36.4 Å². The number of hydrogen-bond donors (Lipinski definition) is 2. The lowest BCUT2D eigenvalue weighted by atomic mass is 9.96. The predicted molar refractivity (Wildman–Crippen MR) is 125 cm³/mol. The first-order chi connectivity index (χ1) is 15.0. The zero-order valence-corrected chi connectivity index (χ0v) is 18.9. The molecule has 0 saturated heterocycles. The van der Waals surface area contributed by atoms with E-state index in [0.717, 1.165) is 47.9 Å². The van der Waals surface area contributed by atoms with Crippen molar-refractivity contribution in [1.29, 1.82) is 0 Å². The number of carbonyl (C=O) groups excluding carboxylic acids is 2. The number of benzene rings is 1. The third-order valence-electron chi connectivity index (χ3n) is 5.32. The molecule has 3 aromatic rings. The molecule has 0 radical (unpaired) electrons. The summed E-state index contributed by atoms with van der Waals surface area (Å²) in [5.74, 6) is -0.412. The molecule has 1 aliphatic rings. The second kappa shape index (κ2) is 9.65. The molecule has 3 amide bonds. The quantitative estimate of drug-likeness (QED) is 0.448. The molecule has 2 heterocycles. The van der Waals surface area contributed by atoms with Crippen LogP contribution in [0.3, 0.4) is 0 Å². The average Bonchev–Trinajstić information content (AvgIpc) is 3.21. The maximum atomic E-state index is 12.8. The minimum absolute atomic E-state index is 0.000785. The number of fused-ring (bicyclic) bond motifs is 1. The van der Waals surface area contributed by atoms with Crippen LogP contribution in [0.15, 0.2) is 46.3 Å². The van der Waals surface area contributed by atoms with Gasteiger partial charge in [0.05, 0.1) is 11.1 Å². The number of urea groups is 1. The number of nitrogens with zero attached hydrogens (tertiary/aromatic N) is 2. The van der Waals surface area contributed by atoms with Crippen LogP contribution in [0.2, 0.25) is 0 Å². The highest BCUT2D eigenvalue weighted by molar-refractivity contribution is 7.99. The molecule has 1 saturated carbocycles. The van der Waals surface area contributed by atoms with Gasteiger partial charge in [0.25, 0.3) is 5.56 Å². The lowest BCUT2D eigenvalue weighted by Crippen LogP contribution is -2.45. The Bertz CT molecular complexity index is 1150. The molecule has 0 bridgehead atoms. The van der Waals surface area contributed by atoms with Crippen LogP contribution in [0.25, 0.3) is 20.7 Å². The zero-order valence-electron chi connectivity index (χ0n) is 17.2. The maximum Gasteiger partial charge on any atom is 0.321 e. The summed E-state index contributed by atoms with van der Waals surface area (Å²) >= 11 is 2.59. The second-order valence-electron chi connectivity index (χ2n) is 7.60. The number of rotatable bonds is 5. The Kier molecular flexibility index (Phi) is 6.72. The first kappa shape index (κ1) is 21.6. The van der Waals surface area contributed by atoms with Gasteiger partial charge < -0.3 is 5.32 Å². The monoisotopic (exact) mass is 456 g/mol. The number of amides is 3. The Morgan fingerprint density at radius 3 is 2.68 bits per heavy atom. The van der Waals surface area contributed by atoms with Gasteiger partial charge >= 0.3 is 6.03 Å². The van der Waals surface area contributed by atoms with Gasteiger partial charge in [0.1, 0.15) is 4.83 Å². The lowest BCUT2D eigenvalue weighted by Gasteiger charge is -2.22. The van der Waals surface area contributed by atoms with Crippen LogP contribution in [0.5, 0.6) is 0 Å². The van der Waals surface area contributed by atoms with Crippen molar-refractivity contribution in [2.45, 2.75) is 43.3 Å². The van der Waals surface area contributed by atoms with E-state index in [2.05, 4.69) is 15.6 Å². The molecular weight excluding hydrogens is 432 g/mol. The van der Waals surface area contributed by atoms with E-state index in [1.54, 1.807) is 7.05 Å². The van der Waals surface area contributed by atoms with E-state index in [4.69, 9.17) is 0 Å². The van der Waals surface area contributed by atoms with Gasteiger partial charge in [0.2, 0.25) is 5.91 Å². The standard InChI is InChI=1S/C22H24N4O3S2/c1-26-20(28)16-12-17(14-8-4-2-5-9-14)31-19(16)25-22(26)30-13-18(27)24-21(29)23-15-10-6-3-7-11-15/h2,4-5,8-9,12,15H,3,6-7,10-11,13H2,1H3,(H2,23,24,27,29). The minimum atomic E-state index is -0.458. The van der Waals surface area contributed by atoms with Crippen LogP contribution >= 0.6 is 23.1 Å². The van der Waals surface area contributed by atoms with Crippen molar-refractivity contribution in [3.8, 4) is 10.4 Å². The van der Waals surface area contributed by atoms with Crippen molar-refractivity contribution in [3.05, 3.63) is 46.8 Å². The minimum Gasteiger partial charge on any atom is -0.335 e. The van der Waals surface area contributed by atoms with Crippen LogP contribution in [-0.2, 0) is 11.8 Å². The highest BCUT2D eigenvalue weighted by Gasteiger charge is 2.18. The van der Waals surface area contributed by atoms with Gasteiger partial charge in [-0.1, -0.05) is 61.4 Å². The summed E-state index contributed by atoms with van der Waals surface area (Å²) in [6.45, 7) is 0. The van der Waals surface area contributed by atoms with Crippen LogP contribution in [0, 0.1) is 0 Å². The summed E-state index contributed by atoms with van der Waals surface area (Å²) in [4.78, 5) is 43.2. The normalized spacial score (nSPS) is 14.5. The van der Waals surface area contributed by atoms with E-state index < -0.39 is 11.9 Å². The molecule has 0 aliphatic heterocycles. The third-order valence-corrected chi connectivity index (χ3v) is 7.42. The van der Waals surface area contributed by atoms with Gasteiger partial charge in [-0.05, 0) is 24.5 Å². The Balaban J connectivity index is 1.42. The zero-order chi connectivity index (χ0) is 21.8. The van der Waals surface area contributed by atoms with E-state index in [0.29, 0.717) is 15.4 Å². The van der Waals surface area contributed by atoms with E-state index in [9.17, 15) is 14.4 Å². The van der Waals surface area contributed by atoms with Crippen molar-refractivity contribution in [3.63, 3.8) is 0 Å². The fourth-order valence-electron chi connectivity index (χ4n) is 3.68. The summed E-state index contributed by atoms with van der Waals surface area (Å²) < 4.78 is 1.45. The number of thioether (sulfide) groups is 1. The molecule has 1 aliphatic carbocycles. The molecule has 7 nitrogen and oxygen atoms in total. The number of carbonyl (C=O) groups is 2. The summed E-state index contributed by atoms with van der Waals surface area (Å²) in [7, 11) is 1.64. The van der Waals surface area contributed by atoms with Crippen LogP contribution in [0.1, 0.15) is 32.1 Å². The molecule has 0 unspecified atom stereocenters. The molecule has 0 spiro atoms. The van der Waals surface area contributed by atoms with Crippen molar-refractivity contribution in [2.24, 2.45) is 7.05 Å². The van der Waals surface area contributed by atoms with Crippen molar-refractivity contribution in [2.75, 3.05) is 5.75 Å². The number of hydrogen-bond acceptors (Lipinski definition) is 6. The Morgan fingerprint density at radius 2 is 1.94 bits per heavy atom. The van der Waals surface area contributed by atoms with Crippen LogP contribution in [0.4, 0.5) is 4.79 Å². The number of aromatic nitrogens is 2. The maximum absolute atomic E-state index is 12.8. The van der Waals surface area contributed by atoms with E-state index in [-0.39, 0.29) is 17.4 Å². The highest BCUT2D eigenvalue weighted by atomic mass is 32.2. The van der Waals surface area contributed by atoms with Crippen LogP contribution < -0.4 is 16.2 Å². The van der Waals surface area contributed by atoms with Crippen molar-refractivity contribution < 1.29 is 9.59 Å². The van der Waals surface area contributed by atoms with E-state index in [1.165, 1.54) is 22.3 Å². The lowest BCUT2D eigenvalue weighted by molar-refractivity contribution is -0.117. The Hall–Kier alpha value is -2.65. The molecule has 1 fully saturated rings. The van der Waals surface area contributed by atoms with Gasteiger partial charge in [-0.15, -0.1) is 11.3 Å². The third kappa shape index (κ3) is 5.16. The van der Waals surface area contributed by atoms with Gasteiger partial charge in [0.15, 0.2) is 5.16 Å². The number of thiophene rings is 1. The van der Waals surface area contributed by atoms with Gasteiger partial charge in [-0.2, -0.15) is 0 Å². The smallest absolute Gasteiger partial charge is 0.321 e. The fraction of sp³-hybridized carbons (Fsp3) is 0.364. The predicted octanol–water partition coefficient (Wildman–Crippen LogP) is 3.91. The average molecular weight is 457 g/mol. The molecule has 0 atom stereocenters. The number of nitrogens with one attached hydrogen (secondary N) is 2. The molecule has 4 rings (SSSR count).